The Morgan fingerprint density at radius 3 is 1.23 bits per heavy atom. The van der Waals surface area contributed by atoms with E-state index in [0.717, 1.165) is 6.04 Å². The van der Waals surface area contributed by atoms with E-state index in [1.165, 1.54) is 129 Å². The van der Waals surface area contributed by atoms with Crippen LogP contribution in [0.4, 0.5) is 0 Å². The van der Waals surface area contributed by atoms with E-state index in [1.54, 1.807) is 0 Å². The summed E-state index contributed by atoms with van der Waals surface area (Å²) >= 11 is 0. The van der Waals surface area contributed by atoms with Crippen molar-refractivity contribution in [3.63, 3.8) is 0 Å². The van der Waals surface area contributed by atoms with Crippen molar-refractivity contribution < 1.29 is 17.5 Å². The SMILES string of the molecule is CCCCCCCCN(CCCCCCCC)C(C)CCCCCCC.O=S(=O)(O)O. The van der Waals surface area contributed by atoms with Crippen molar-refractivity contribution in [1.29, 1.82) is 0 Å². The van der Waals surface area contributed by atoms with Crippen LogP contribution in [0, 0.1) is 0 Å². The van der Waals surface area contributed by atoms with Crippen LogP contribution < -0.4 is 0 Å². The first-order valence-electron chi connectivity index (χ1n) is 13.2. The van der Waals surface area contributed by atoms with Crippen LogP contribution in [-0.4, -0.2) is 41.6 Å². The molecule has 5 nitrogen and oxygen atoms in total. The molecule has 190 valence electrons. The third-order valence-electron chi connectivity index (χ3n) is 5.95. The topological polar surface area (TPSA) is 77.8 Å². The number of unbranched alkanes of at least 4 members (excludes halogenated alkanes) is 14. The number of hydrogen-bond acceptors (Lipinski definition) is 3. The van der Waals surface area contributed by atoms with Gasteiger partial charge in [0.25, 0.3) is 0 Å². The van der Waals surface area contributed by atoms with Gasteiger partial charge in [-0.25, -0.2) is 0 Å². The van der Waals surface area contributed by atoms with E-state index >= 15 is 0 Å². The number of hydrogen-bond donors (Lipinski definition) is 2. The molecule has 0 bridgehead atoms. The Morgan fingerprint density at radius 2 is 0.871 bits per heavy atom. The van der Waals surface area contributed by atoms with Crippen LogP contribution in [0.1, 0.15) is 143 Å². The maximum atomic E-state index is 8.74. The molecular weight excluding hydrogens is 410 g/mol. The lowest BCUT2D eigenvalue weighted by Gasteiger charge is -2.29. The highest BCUT2D eigenvalue weighted by atomic mass is 32.3. The van der Waals surface area contributed by atoms with Crippen molar-refractivity contribution in [3.05, 3.63) is 0 Å². The van der Waals surface area contributed by atoms with Gasteiger partial charge in [-0.2, -0.15) is 8.42 Å². The lowest BCUT2D eigenvalue weighted by Crippen LogP contribution is -2.35. The molecule has 2 N–H and O–H groups in total. The van der Waals surface area contributed by atoms with Crippen LogP contribution in [0.15, 0.2) is 0 Å². The smallest absolute Gasteiger partial charge is 0.301 e. The van der Waals surface area contributed by atoms with E-state index < -0.39 is 10.4 Å². The summed E-state index contributed by atoms with van der Waals surface area (Å²) < 4.78 is 31.6. The van der Waals surface area contributed by atoms with Crippen LogP contribution in [0.2, 0.25) is 0 Å². The van der Waals surface area contributed by atoms with E-state index in [2.05, 4.69) is 32.6 Å². The summed E-state index contributed by atoms with van der Waals surface area (Å²) in [4.78, 5) is 2.83. The average molecular weight is 466 g/mol. The van der Waals surface area contributed by atoms with Gasteiger partial charge >= 0.3 is 10.4 Å². The van der Waals surface area contributed by atoms with Crippen molar-refractivity contribution in [2.24, 2.45) is 0 Å². The molecule has 0 aliphatic carbocycles. The van der Waals surface area contributed by atoms with Gasteiger partial charge in [-0.15, -0.1) is 0 Å². The Kier molecular flexibility index (Phi) is 26.1. The third kappa shape index (κ3) is 32.1. The van der Waals surface area contributed by atoms with Gasteiger partial charge in [-0.05, 0) is 39.3 Å². The van der Waals surface area contributed by atoms with Crippen molar-refractivity contribution in [1.82, 2.24) is 4.90 Å². The summed E-state index contributed by atoms with van der Waals surface area (Å²) in [5.74, 6) is 0. The van der Waals surface area contributed by atoms with Crippen LogP contribution in [0.25, 0.3) is 0 Å². The summed E-state index contributed by atoms with van der Waals surface area (Å²) in [6.07, 6.45) is 25.6. The normalized spacial score (nSPS) is 12.6. The molecule has 0 heterocycles. The van der Waals surface area contributed by atoms with E-state index in [0.29, 0.717) is 0 Å². The monoisotopic (exact) mass is 465 g/mol. The van der Waals surface area contributed by atoms with Crippen molar-refractivity contribution in [2.45, 2.75) is 149 Å². The fraction of sp³-hybridized carbons (Fsp3) is 1.00. The molecule has 0 radical (unpaired) electrons. The standard InChI is InChI=1S/C25H53N.H2O4S/c1-5-8-11-14-17-20-23-26(24-21-18-15-12-9-6-2)25(4)22-19-16-13-10-7-3;1-5(2,3)4/h25H,5-24H2,1-4H3;(H2,1,2,3,4). The Labute approximate surface area is 195 Å². The largest absolute Gasteiger partial charge is 0.394 e. The minimum Gasteiger partial charge on any atom is -0.301 e. The molecule has 0 aromatic carbocycles. The van der Waals surface area contributed by atoms with E-state index in [4.69, 9.17) is 17.5 Å². The second-order valence-corrected chi connectivity index (χ2v) is 9.97. The zero-order valence-electron chi connectivity index (χ0n) is 21.3. The van der Waals surface area contributed by atoms with Crippen LogP contribution >= 0.6 is 0 Å². The molecule has 0 rings (SSSR count). The molecule has 0 amide bonds. The zero-order valence-corrected chi connectivity index (χ0v) is 22.1. The highest BCUT2D eigenvalue weighted by Crippen LogP contribution is 2.15. The molecule has 1 atom stereocenters. The molecule has 0 spiro atoms. The van der Waals surface area contributed by atoms with E-state index in [1.807, 2.05) is 0 Å². The van der Waals surface area contributed by atoms with E-state index in [9.17, 15) is 0 Å². The fourth-order valence-electron chi connectivity index (χ4n) is 3.97. The first kappa shape index (κ1) is 33.0. The summed E-state index contributed by atoms with van der Waals surface area (Å²) in [5, 5.41) is 0. The predicted octanol–water partition coefficient (Wildman–Crippen LogP) is 8.11. The molecular formula is C25H55NO4S. The maximum Gasteiger partial charge on any atom is 0.394 e. The molecule has 6 heteroatoms. The highest BCUT2D eigenvalue weighted by Gasteiger charge is 2.13. The van der Waals surface area contributed by atoms with Gasteiger partial charge in [0.2, 0.25) is 0 Å². The molecule has 1 unspecified atom stereocenters. The molecule has 31 heavy (non-hydrogen) atoms. The van der Waals surface area contributed by atoms with Gasteiger partial charge in [0, 0.05) is 6.04 Å². The second-order valence-electron chi connectivity index (χ2n) is 9.07. The fourth-order valence-corrected chi connectivity index (χ4v) is 3.97. The van der Waals surface area contributed by atoms with Gasteiger partial charge in [0.15, 0.2) is 0 Å². The molecule has 0 aliphatic heterocycles. The highest BCUT2D eigenvalue weighted by molar-refractivity contribution is 7.79. The molecule has 0 fully saturated rings. The number of rotatable bonds is 21. The van der Waals surface area contributed by atoms with Gasteiger partial charge in [-0.1, -0.05) is 117 Å². The van der Waals surface area contributed by atoms with Gasteiger partial charge in [0.1, 0.15) is 0 Å². The first-order chi connectivity index (χ1) is 14.8. The minimum absolute atomic E-state index is 0.794. The Hall–Kier alpha value is -0.170. The van der Waals surface area contributed by atoms with Gasteiger partial charge < -0.3 is 4.90 Å². The van der Waals surface area contributed by atoms with Crippen LogP contribution in [0.5, 0.6) is 0 Å². The Balaban J connectivity index is 0. The maximum absolute atomic E-state index is 8.74. The van der Waals surface area contributed by atoms with Crippen LogP contribution in [-0.2, 0) is 10.4 Å². The summed E-state index contributed by atoms with van der Waals surface area (Å²) in [7, 11) is -4.67. The second kappa shape index (κ2) is 24.5. The minimum atomic E-state index is -4.67. The Morgan fingerprint density at radius 1 is 0.581 bits per heavy atom. The quantitative estimate of drug-likeness (QED) is 0.132. The van der Waals surface area contributed by atoms with Crippen LogP contribution in [0.3, 0.4) is 0 Å². The predicted molar refractivity (Wildman–Crippen MR) is 135 cm³/mol. The lowest BCUT2D eigenvalue weighted by molar-refractivity contribution is 0.187. The van der Waals surface area contributed by atoms with Crippen molar-refractivity contribution in [3.8, 4) is 0 Å². The summed E-state index contributed by atoms with van der Waals surface area (Å²) in [6.45, 7) is 12.1. The molecule has 0 aromatic heterocycles. The molecule has 0 saturated heterocycles. The third-order valence-corrected chi connectivity index (χ3v) is 5.95. The van der Waals surface area contributed by atoms with Crippen molar-refractivity contribution >= 4 is 10.4 Å². The van der Waals surface area contributed by atoms with Gasteiger partial charge in [0.05, 0.1) is 0 Å². The first-order valence-corrected chi connectivity index (χ1v) is 14.6. The van der Waals surface area contributed by atoms with E-state index in [-0.39, 0.29) is 0 Å². The van der Waals surface area contributed by atoms with Gasteiger partial charge in [-0.3, -0.25) is 9.11 Å². The summed E-state index contributed by atoms with van der Waals surface area (Å²) in [5.41, 5.74) is 0. The zero-order chi connectivity index (χ0) is 23.8. The molecule has 0 aromatic rings. The summed E-state index contributed by atoms with van der Waals surface area (Å²) in [6, 6.07) is 0.794. The molecule has 0 aliphatic rings. The average Bonchev–Trinajstić information content (AvgIpc) is 2.70. The number of nitrogens with zero attached hydrogens (tertiary/aromatic N) is 1. The van der Waals surface area contributed by atoms with Crippen molar-refractivity contribution in [2.75, 3.05) is 13.1 Å². The molecule has 0 saturated carbocycles. The Bertz CT molecular complexity index is 419. The lowest BCUT2D eigenvalue weighted by atomic mass is 10.0.